The van der Waals surface area contributed by atoms with Crippen molar-refractivity contribution in [3.8, 4) is 0 Å². The summed E-state index contributed by atoms with van der Waals surface area (Å²) in [5.41, 5.74) is 7.58. The van der Waals surface area contributed by atoms with E-state index in [1.165, 1.54) is 0 Å². The first-order valence-corrected chi connectivity index (χ1v) is 7.01. The number of hydrogen-bond acceptors (Lipinski definition) is 4. The summed E-state index contributed by atoms with van der Waals surface area (Å²) in [4.78, 5) is 21.1. The third kappa shape index (κ3) is 1.99. The number of nitrogen functional groups attached to an aromatic ring is 1. The Kier molecular flexibility index (Phi) is 2.57. The largest absolute Gasteiger partial charge is 0.384 e. The number of nitrogens with zero attached hydrogens (tertiary/aromatic N) is 4. The Morgan fingerprint density at radius 1 is 1.19 bits per heavy atom. The van der Waals surface area contributed by atoms with Gasteiger partial charge < -0.3 is 5.73 Å². The normalized spacial score (nSPS) is 14.7. The first-order valence-electron chi connectivity index (χ1n) is 7.01. The van der Waals surface area contributed by atoms with Gasteiger partial charge in [0.1, 0.15) is 5.82 Å². The highest BCUT2D eigenvalue weighted by atomic mass is 16.1. The molecule has 21 heavy (non-hydrogen) atoms. The van der Waals surface area contributed by atoms with Gasteiger partial charge in [0.05, 0.1) is 17.6 Å². The molecular formula is C15H15N5O. The Bertz CT molecular complexity index is 875. The van der Waals surface area contributed by atoms with E-state index in [1.807, 2.05) is 28.8 Å². The van der Waals surface area contributed by atoms with Gasteiger partial charge >= 0.3 is 5.69 Å². The average molecular weight is 281 g/mol. The molecule has 6 heteroatoms. The van der Waals surface area contributed by atoms with Crippen molar-refractivity contribution < 1.29 is 0 Å². The van der Waals surface area contributed by atoms with Crippen LogP contribution in [0.2, 0.25) is 0 Å². The molecule has 0 radical (unpaired) electrons. The number of imidazole rings is 1. The van der Waals surface area contributed by atoms with Gasteiger partial charge in [-0.05, 0) is 31.0 Å². The quantitative estimate of drug-likeness (QED) is 0.790. The molecule has 1 aliphatic carbocycles. The molecule has 4 rings (SSSR count). The van der Waals surface area contributed by atoms with Crippen LogP contribution in [0.5, 0.6) is 0 Å². The van der Waals surface area contributed by atoms with Crippen LogP contribution < -0.4 is 11.4 Å². The number of nitrogens with two attached hydrogens (primary N) is 1. The van der Waals surface area contributed by atoms with Gasteiger partial charge in [-0.1, -0.05) is 12.1 Å². The fraction of sp³-hybridized carbons (Fsp3) is 0.267. The summed E-state index contributed by atoms with van der Waals surface area (Å²) in [7, 11) is 0. The minimum Gasteiger partial charge on any atom is -0.384 e. The molecule has 106 valence electrons. The average Bonchev–Trinajstić information content (AvgIpc) is 3.27. The van der Waals surface area contributed by atoms with Gasteiger partial charge in [-0.25, -0.2) is 14.8 Å². The molecule has 0 saturated heterocycles. The molecular weight excluding hydrogens is 266 g/mol. The summed E-state index contributed by atoms with van der Waals surface area (Å²) in [6.07, 6.45) is 3.76. The first-order chi connectivity index (χ1) is 10.2. The molecule has 0 amide bonds. The lowest BCUT2D eigenvalue weighted by atomic mass is 10.3. The molecule has 0 spiro atoms. The van der Waals surface area contributed by atoms with Crippen molar-refractivity contribution in [1.29, 1.82) is 0 Å². The standard InChI is InChI=1S/C15H15N5O/c16-13-7-8-17-14(18-13)9-19-11-3-1-2-4-12(11)20(15(19)21)10-5-6-10/h1-4,7-8,10H,5-6,9H2,(H2,16,17,18). The van der Waals surface area contributed by atoms with E-state index in [0.717, 1.165) is 23.9 Å². The number of benzene rings is 1. The minimum absolute atomic E-state index is 0.00437. The van der Waals surface area contributed by atoms with Gasteiger partial charge in [-0.15, -0.1) is 0 Å². The first kappa shape index (κ1) is 12.1. The van der Waals surface area contributed by atoms with Gasteiger partial charge in [0.15, 0.2) is 5.82 Å². The van der Waals surface area contributed by atoms with E-state index in [-0.39, 0.29) is 5.69 Å². The molecule has 0 aliphatic heterocycles. The highest BCUT2D eigenvalue weighted by molar-refractivity contribution is 5.76. The van der Waals surface area contributed by atoms with Crippen LogP contribution in [0, 0.1) is 0 Å². The summed E-state index contributed by atoms with van der Waals surface area (Å²) < 4.78 is 3.62. The van der Waals surface area contributed by atoms with Gasteiger partial charge in [-0.3, -0.25) is 9.13 Å². The lowest BCUT2D eigenvalue weighted by molar-refractivity contribution is 0.658. The van der Waals surface area contributed by atoms with Crippen molar-refractivity contribution in [2.45, 2.75) is 25.4 Å². The second-order valence-corrected chi connectivity index (χ2v) is 5.36. The molecule has 2 N–H and O–H groups in total. The van der Waals surface area contributed by atoms with Crippen molar-refractivity contribution in [3.05, 3.63) is 52.8 Å². The maximum absolute atomic E-state index is 12.7. The molecule has 6 nitrogen and oxygen atoms in total. The van der Waals surface area contributed by atoms with Gasteiger partial charge in [-0.2, -0.15) is 0 Å². The van der Waals surface area contributed by atoms with Crippen LogP contribution >= 0.6 is 0 Å². The molecule has 0 atom stereocenters. The second-order valence-electron chi connectivity index (χ2n) is 5.36. The maximum Gasteiger partial charge on any atom is 0.329 e. The lowest BCUT2D eigenvalue weighted by Crippen LogP contribution is -2.25. The van der Waals surface area contributed by atoms with E-state index in [9.17, 15) is 4.79 Å². The number of aromatic nitrogens is 4. The molecule has 1 fully saturated rings. The van der Waals surface area contributed by atoms with Crippen LogP contribution in [0.25, 0.3) is 11.0 Å². The van der Waals surface area contributed by atoms with Crippen molar-refractivity contribution in [3.63, 3.8) is 0 Å². The van der Waals surface area contributed by atoms with Crippen LogP contribution in [0.3, 0.4) is 0 Å². The Labute approximate surface area is 120 Å². The highest BCUT2D eigenvalue weighted by Gasteiger charge is 2.28. The third-order valence-corrected chi connectivity index (χ3v) is 3.81. The zero-order chi connectivity index (χ0) is 14.4. The third-order valence-electron chi connectivity index (χ3n) is 3.81. The van der Waals surface area contributed by atoms with E-state index >= 15 is 0 Å². The molecule has 0 bridgehead atoms. The van der Waals surface area contributed by atoms with E-state index < -0.39 is 0 Å². The Morgan fingerprint density at radius 2 is 1.95 bits per heavy atom. The zero-order valence-electron chi connectivity index (χ0n) is 11.4. The van der Waals surface area contributed by atoms with Crippen LogP contribution in [-0.2, 0) is 6.54 Å². The smallest absolute Gasteiger partial charge is 0.329 e. The van der Waals surface area contributed by atoms with E-state index in [4.69, 9.17) is 5.73 Å². The van der Waals surface area contributed by atoms with Crippen molar-refractivity contribution >= 4 is 16.9 Å². The number of anilines is 1. The molecule has 1 aromatic carbocycles. The zero-order valence-corrected chi connectivity index (χ0v) is 11.4. The SMILES string of the molecule is Nc1ccnc(Cn2c(=O)n(C3CC3)c3ccccc32)n1. The highest BCUT2D eigenvalue weighted by Crippen LogP contribution is 2.36. The molecule has 0 unspecified atom stereocenters. The van der Waals surface area contributed by atoms with Crippen LogP contribution in [0.4, 0.5) is 5.82 Å². The Balaban J connectivity index is 1.88. The summed E-state index contributed by atoms with van der Waals surface area (Å²) in [6.45, 7) is 0.337. The Morgan fingerprint density at radius 3 is 2.67 bits per heavy atom. The van der Waals surface area contributed by atoms with Gasteiger partial charge in [0, 0.05) is 12.2 Å². The van der Waals surface area contributed by atoms with E-state index in [1.54, 1.807) is 16.8 Å². The number of fused-ring (bicyclic) bond motifs is 1. The predicted octanol–water partition coefficient (Wildman–Crippen LogP) is 1.56. The van der Waals surface area contributed by atoms with Crippen molar-refractivity contribution in [2.75, 3.05) is 5.73 Å². The fourth-order valence-electron chi connectivity index (χ4n) is 2.70. The van der Waals surface area contributed by atoms with Crippen LogP contribution in [-0.4, -0.2) is 19.1 Å². The maximum atomic E-state index is 12.7. The number of hydrogen-bond donors (Lipinski definition) is 1. The number of para-hydroxylation sites is 2. The summed E-state index contributed by atoms with van der Waals surface area (Å²) in [5, 5.41) is 0. The Hall–Kier alpha value is -2.63. The summed E-state index contributed by atoms with van der Waals surface area (Å²) in [6, 6.07) is 9.83. The fourth-order valence-corrected chi connectivity index (χ4v) is 2.70. The van der Waals surface area contributed by atoms with Crippen LogP contribution in [0.1, 0.15) is 24.7 Å². The summed E-state index contributed by atoms with van der Waals surface area (Å²) in [5.74, 6) is 0.967. The monoisotopic (exact) mass is 281 g/mol. The molecule has 1 aliphatic rings. The molecule has 3 aromatic rings. The van der Waals surface area contributed by atoms with Crippen molar-refractivity contribution in [1.82, 2.24) is 19.1 Å². The topological polar surface area (TPSA) is 78.7 Å². The van der Waals surface area contributed by atoms with Crippen molar-refractivity contribution in [2.24, 2.45) is 0 Å². The summed E-state index contributed by atoms with van der Waals surface area (Å²) >= 11 is 0. The van der Waals surface area contributed by atoms with Gasteiger partial charge in [0.25, 0.3) is 0 Å². The van der Waals surface area contributed by atoms with Crippen LogP contribution in [0.15, 0.2) is 41.3 Å². The number of rotatable bonds is 3. The van der Waals surface area contributed by atoms with E-state index in [0.29, 0.717) is 24.2 Å². The van der Waals surface area contributed by atoms with E-state index in [2.05, 4.69) is 9.97 Å². The molecule has 2 heterocycles. The minimum atomic E-state index is 0.00437. The predicted molar refractivity (Wildman–Crippen MR) is 80.0 cm³/mol. The molecule has 1 saturated carbocycles. The second kappa shape index (κ2) is 4.44. The lowest BCUT2D eigenvalue weighted by Gasteiger charge is -2.02. The van der Waals surface area contributed by atoms with Gasteiger partial charge in [0.2, 0.25) is 0 Å². The molecule has 2 aromatic heterocycles.